The molecule has 0 aliphatic heterocycles. The average molecular weight is 290 g/mol. The summed E-state index contributed by atoms with van der Waals surface area (Å²) in [7, 11) is 3.55. The normalized spacial score (nSPS) is 10.2. The third-order valence-corrected chi connectivity index (χ3v) is 3.23. The van der Waals surface area contributed by atoms with E-state index in [1.807, 2.05) is 12.1 Å². The Morgan fingerprint density at radius 3 is 2.65 bits per heavy atom. The highest BCUT2D eigenvalue weighted by atomic mass is 35.5. The molecule has 0 unspecified atom stereocenters. The summed E-state index contributed by atoms with van der Waals surface area (Å²) in [6.07, 6.45) is 3.43. The van der Waals surface area contributed by atoms with Crippen molar-refractivity contribution in [2.75, 3.05) is 19.4 Å². The van der Waals surface area contributed by atoms with Crippen molar-refractivity contribution in [1.82, 2.24) is 9.88 Å². The van der Waals surface area contributed by atoms with Crippen molar-refractivity contribution in [3.8, 4) is 0 Å². The first-order valence-electron chi connectivity index (χ1n) is 6.23. The van der Waals surface area contributed by atoms with Crippen molar-refractivity contribution < 1.29 is 4.79 Å². The molecule has 1 N–H and O–H groups in total. The number of amides is 1. The maximum Gasteiger partial charge on any atom is 0.256 e. The van der Waals surface area contributed by atoms with E-state index in [1.165, 1.54) is 0 Å². The molecule has 0 saturated heterocycles. The monoisotopic (exact) mass is 289 g/mol. The highest BCUT2D eigenvalue weighted by Crippen LogP contribution is 2.22. The summed E-state index contributed by atoms with van der Waals surface area (Å²) in [5, 5.41) is 3.55. The van der Waals surface area contributed by atoms with Gasteiger partial charge in [0.1, 0.15) is 0 Å². The summed E-state index contributed by atoms with van der Waals surface area (Å²) in [5.74, 6) is -0.0753. The zero-order chi connectivity index (χ0) is 14.5. The molecule has 1 heterocycles. The van der Waals surface area contributed by atoms with Gasteiger partial charge in [-0.05, 0) is 35.9 Å². The quantitative estimate of drug-likeness (QED) is 0.941. The van der Waals surface area contributed by atoms with Crippen LogP contribution in [0, 0.1) is 0 Å². The second-order valence-corrected chi connectivity index (χ2v) is 4.89. The maximum atomic E-state index is 12.5. The molecule has 0 saturated carbocycles. The third-order valence-electron chi connectivity index (χ3n) is 3.00. The molecule has 0 spiro atoms. The Morgan fingerprint density at radius 1 is 1.30 bits per heavy atom. The number of anilines is 1. The zero-order valence-electron chi connectivity index (χ0n) is 11.4. The van der Waals surface area contributed by atoms with Gasteiger partial charge in [-0.25, -0.2) is 0 Å². The van der Waals surface area contributed by atoms with Gasteiger partial charge < -0.3 is 10.2 Å². The van der Waals surface area contributed by atoms with E-state index in [-0.39, 0.29) is 5.91 Å². The summed E-state index contributed by atoms with van der Waals surface area (Å²) >= 11 is 5.98. The number of carbonyl (C=O) groups excluding carboxylic acids is 1. The van der Waals surface area contributed by atoms with Crippen molar-refractivity contribution >= 4 is 23.2 Å². The van der Waals surface area contributed by atoms with Crippen molar-refractivity contribution in [3.63, 3.8) is 0 Å². The third kappa shape index (κ3) is 3.27. The minimum atomic E-state index is -0.0753. The van der Waals surface area contributed by atoms with Gasteiger partial charge in [0.25, 0.3) is 5.91 Å². The van der Waals surface area contributed by atoms with E-state index >= 15 is 0 Å². The molecule has 0 radical (unpaired) electrons. The van der Waals surface area contributed by atoms with Crippen molar-refractivity contribution in [3.05, 3.63) is 58.9 Å². The van der Waals surface area contributed by atoms with Gasteiger partial charge in [0.2, 0.25) is 0 Å². The van der Waals surface area contributed by atoms with Crippen LogP contribution in [0.15, 0.2) is 42.7 Å². The first-order chi connectivity index (χ1) is 9.61. The molecule has 2 rings (SSSR count). The standard InChI is InChI=1S/C15H16ClN3O/c1-17-14-4-3-12(16)9-13(14)15(20)19(2)10-11-5-7-18-8-6-11/h3-9,17H,10H2,1-2H3. The van der Waals surface area contributed by atoms with Crippen molar-refractivity contribution in [2.45, 2.75) is 6.54 Å². The number of hydrogen-bond acceptors (Lipinski definition) is 3. The van der Waals surface area contributed by atoms with E-state index in [4.69, 9.17) is 11.6 Å². The van der Waals surface area contributed by atoms with Crippen LogP contribution in [-0.2, 0) is 6.54 Å². The molecule has 2 aromatic rings. The predicted octanol–water partition coefficient (Wildman–Crippen LogP) is 3.05. The second-order valence-electron chi connectivity index (χ2n) is 4.46. The molecule has 0 aliphatic rings. The summed E-state index contributed by atoms with van der Waals surface area (Å²) < 4.78 is 0. The molecule has 20 heavy (non-hydrogen) atoms. The first kappa shape index (κ1) is 14.3. The molecular formula is C15H16ClN3O. The van der Waals surface area contributed by atoms with Crippen molar-refractivity contribution in [1.29, 1.82) is 0 Å². The number of carbonyl (C=O) groups is 1. The van der Waals surface area contributed by atoms with E-state index in [0.29, 0.717) is 17.1 Å². The van der Waals surface area contributed by atoms with E-state index in [0.717, 1.165) is 11.3 Å². The SMILES string of the molecule is CNc1ccc(Cl)cc1C(=O)N(C)Cc1ccncc1. The average Bonchev–Trinajstić information content (AvgIpc) is 2.47. The lowest BCUT2D eigenvalue weighted by molar-refractivity contribution is 0.0786. The van der Waals surface area contributed by atoms with E-state index in [2.05, 4.69) is 10.3 Å². The molecular weight excluding hydrogens is 274 g/mol. The van der Waals surface area contributed by atoms with Crippen LogP contribution in [0.3, 0.4) is 0 Å². The Labute approximate surface area is 123 Å². The van der Waals surface area contributed by atoms with Crippen LogP contribution in [0.4, 0.5) is 5.69 Å². The summed E-state index contributed by atoms with van der Waals surface area (Å²) in [5.41, 5.74) is 2.36. The zero-order valence-corrected chi connectivity index (χ0v) is 12.2. The molecule has 0 bridgehead atoms. The number of hydrogen-bond donors (Lipinski definition) is 1. The van der Waals surface area contributed by atoms with Crippen molar-refractivity contribution in [2.24, 2.45) is 0 Å². The fourth-order valence-corrected chi connectivity index (χ4v) is 2.12. The molecule has 1 aromatic carbocycles. The highest BCUT2D eigenvalue weighted by Gasteiger charge is 2.16. The van der Waals surface area contributed by atoms with E-state index in [9.17, 15) is 4.79 Å². The summed E-state index contributed by atoms with van der Waals surface area (Å²) in [4.78, 5) is 18.1. The van der Waals surface area contributed by atoms with Crippen LogP contribution < -0.4 is 5.32 Å². The summed E-state index contributed by atoms with van der Waals surface area (Å²) in [6.45, 7) is 0.525. The first-order valence-corrected chi connectivity index (χ1v) is 6.61. The molecule has 0 fully saturated rings. The Bertz CT molecular complexity index is 601. The Hall–Kier alpha value is -2.07. The lowest BCUT2D eigenvalue weighted by atomic mass is 10.1. The number of halogens is 1. The van der Waals surface area contributed by atoms with Crippen LogP contribution in [0.25, 0.3) is 0 Å². The van der Waals surface area contributed by atoms with Gasteiger partial charge in [-0.1, -0.05) is 11.6 Å². The number of aromatic nitrogens is 1. The second kappa shape index (κ2) is 6.39. The number of benzene rings is 1. The van der Waals surface area contributed by atoms with Gasteiger partial charge >= 0.3 is 0 Å². The highest BCUT2D eigenvalue weighted by molar-refractivity contribution is 6.31. The minimum absolute atomic E-state index is 0.0753. The molecule has 1 amide bonds. The van der Waals surface area contributed by atoms with Crippen LogP contribution >= 0.6 is 11.6 Å². The number of rotatable bonds is 4. The number of nitrogens with zero attached hydrogens (tertiary/aromatic N) is 2. The molecule has 0 atom stereocenters. The fraction of sp³-hybridized carbons (Fsp3) is 0.200. The lowest BCUT2D eigenvalue weighted by Crippen LogP contribution is -2.26. The van der Waals surface area contributed by atoms with Gasteiger partial charge in [0.05, 0.1) is 5.56 Å². The van der Waals surface area contributed by atoms with Gasteiger partial charge in [0.15, 0.2) is 0 Å². The van der Waals surface area contributed by atoms with E-state index in [1.54, 1.807) is 49.6 Å². The number of nitrogens with one attached hydrogen (secondary N) is 1. The molecule has 5 heteroatoms. The largest absolute Gasteiger partial charge is 0.387 e. The smallest absolute Gasteiger partial charge is 0.256 e. The Morgan fingerprint density at radius 2 is 2.00 bits per heavy atom. The Balaban J connectivity index is 2.20. The van der Waals surface area contributed by atoms with Crippen LogP contribution in [0.5, 0.6) is 0 Å². The van der Waals surface area contributed by atoms with Crippen LogP contribution in [-0.4, -0.2) is 29.9 Å². The Kier molecular flexibility index (Phi) is 4.58. The molecule has 104 valence electrons. The fourth-order valence-electron chi connectivity index (χ4n) is 1.95. The topological polar surface area (TPSA) is 45.2 Å². The van der Waals surface area contributed by atoms with Gasteiger partial charge in [0, 0.05) is 43.7 Å². The molecule has 0 aliphatic carbocycles. The minimum Gasteiger partial charge on any atom is -0.387 e. The molecule has 4 nitrogen and oxygen atoms in total. The predicted molar refractivity (Wildman–Crippen MR) is 81.0 cm³/mol. The lowest BCUT2D eigenvalue weighted by Gasteiger charge is -2.19. The molecule has 1 aromatic heterocycles. The van der Waals surface area contributed by atoms with E-state index < -0.39 is 0 Å². The van der Waals surface area contributed by atoms with Gasteiger partial charge in [-0.2, -0.15) is 0 Å². The van der Waals surface area contributed by atoms with Crippen LogP contribution in [0.1, 0.15) is 15.9 Å². The number of pyridine rings is 1. The maximum absolute atomic E-state index is 12.5. The summed E-state index contributed by atoms with van der Waals surface area (Å²) in [6, 6.07) is 9.02. The van der Waals surface area contributed by atoms with Gasteiger partial charge in [-0.15, -0.1) is 0 Å². The van der Waals surface area contributed by atoms with Gasteiger partial charge in [-0.3, -0.25) is 9.78 Å². The van der Waals surface area contributed by atoms with Crippen LogP contribution in [0.2, 0.25) is 5.02 Å².